The van der Waals surface area contributed by atoms with Crippen molar-refractivity contribution in [2.75, 3.05) is 25.0 Å². The summed E-state index contributed by atoms with van der Waals surface area (Å²) >= 11 is 0. The zero-order chi connectivity index (χ0) is 24.7. The van der Waals surface area contributed by atoms with Gasteiger partial charge in [-0.15, -0.1) is 5.10 Å². The summed E-state index contributed by atoms with van der Waals surface area (Å²) in [5, 5.41) is 18.4. The molecule has 1 aliphatic carbocycles. The number of nitrogens with one attached hydrogen (secondary N) is 2. The van der Waals surface area contributed by atoms with Crippen LogP contribution in [0.1, 0.15) is 41.5 Å². The molecule has 3 aromatic rings. The lowest BCUT2D eigenvalue weighted by Gasteiger charge is -2.22. The number of aromatic amines is 1. The number of fused-ring (bicyclic) bond motifs is 3. The van der Waals surface area contributed by atoms with Crippen molar-refractivity contribution in [3.63, 3.8) is 0 Å². The van der Waals surface area contributed by atoms with Gasteiger partial charge in [-0.1, -0.05) is 55.5 Å². The first-order valence-electron chi connectivity index (χ1n) is 11.3. The maximum atomic E-state index is 12.8. The van der Waals surface area contributed by atoms with Crippen LogP contribution in [0.5, 0.6) is 0 Å². The van der Waals surface area contributed by atoms with Crippen molar-refractivity contribution in [3.8, 4) is 11.1 Å². The molecule has 2 atom stereocenters. The Morgan fingerprint density at radius 3 is 2.37 bits per heavy atom. The summed E-state index contributed by atoms with van der Waals surface area (Å²) in [7, 11) is 0. The van der Waals surface area contributed by atoms with Gasteiger partial charge in [-0.25, -0.2) is 4.79 Å². The Kier molecular flexibility index (Phi) is 5.50. The number of carbonyl (C=O) groups is 3. The molecule has 180 valence electrons. The summed E-state index contributed by atoms with van der Waals surface area (Å²) in [6.45, 7) is 3.91. The molecule has 1 fully saturated rings. The third-order valence-electron chi connectivity index (χ3n) is 7.12. The van der Waals surface area contributed by atoms with Crippen LogP contribution in [0.2, 0.25) is 0 Å². The summed E-state index contributed by atoms with van der Waals surface area (Å²) in [6, 6.07) is 16.1. The van der Waals surface area contributed by atoms with Gasteiger partial charge in [0.15, 0.2) is 0 Å². The number of carbonyl (C=O) groups excluding carboxylic acids is 2. The summed E-state index contributed by atoms with van der Waals surface area (Å²) in [5.41, 5.74) is 3.42. The number of ether oxygens (including phenoxy) is 1. The van der Waals surface area contributed by atoms with E-state index >= 15 is 0 Å². The number of nitrogens with zero attached hydrogens (tertiary/aromatic N) is 3. The number of amides is 2. The van der Waals surface area contributed by atoms with E-state index in [1.807, 2.05) is 36.4 Å². The summed E-state index contributed by atoms with van der Waals surface area (Å²) in [4.78, 5) is 42.3. The number of anilines is 1. The van der Waals surface area contributed by atoms with Crippen LogP contribution in [-0.4, -0.2) is 62.9 Å². The quantitative estimate of drug-likeness (QED) is 0.514. The van der Waals surface area contributed by atoms with Crippen molar-refractivity contribution in [1.82, 2.24) is 20.1 Å². The molecule has 35 heavy (non-hydrogen) atoms. The van der Waals surface area contributed by atoms with E-state index in [1.54, 1.807) is 13.8 Å². The highest BCUT2D eigenvalue weighted by Gasteiger charge is 2.48. The number of carboxylic acid groups (broad SMARTS) is 1. The second-order valence-electron chi connectivity index (χ2n) is 9.27. The molecular weight excluding hydrogens is 450 g/mol. The monoisotopic (exact) mass is 475 g/mol. The van der Waals surface area contributed by atoms with E-state index in [0.717, 1.165) is 22.3 Å². The average Bonchev–Trinajstić information content (AvgIpc) is 3.52. The topological polar surface area (TPSA) is 138 Å². The van der Waals surface area contributed by atoms with Gasteiger partial charge in [0.2, 0.25) is 5.82 Å². The van der Waals surface area contributed by atoms with Crippen molar-refractivity contribution < 1.29 is 24.2 Å². The van der Waals surface area contributed by atoms with Gasteiger partial charge in [0.25, 0.3) is 11.9 Å². The van der Waals surface area contributed by atoms with E-state index in [9.17, 15) is 19.5 Å². The van der Waals surface area contributed by atoms with E-state index in [1.165, 1.54) is 4.90 Å². The van der Waals surface area contributed by atoms with Crippen molar-refractivity contribution in [1.29, 1.82) is 0 Å². The SMILES string of the molecule is C[C@H]1CN(C(=O)c2nc(NC(=O)OCC3c4ccccc4-c4ccccc43)n[nH]2)C[C@]1(C)C(=O)O. The third kappa shape index (κ3) is 3.90. The number of carboxylic acids is 1. The smallest absolute Gasteiger partial charge is 0.414 e. The highest BCUT2D eigenvalue weighted by molar-refractivity contribution is 5.92. The highest BCUT2D eigenvalue weighted by Crippen LogP contribution is 2.44. The maximum Gasteiger partial charge on any atom is 0.414 e. The Hall–Kier alpha value is -4.21. The average molecular weight is 476 g/mol. The van der Waals surface area contributed by atoms with Gasteiger partial charge in [-0.05, 0) is 35.1 Å². The molecule has 2 heterocycles. The predicted molar refractivity (Wildman–Crippen MR) is 126 cm³/mol. The second kappa shape index (κ2) is 8.53. The molecule has 2 aromatic carbocycles. The molecule has 0 radical (unpaired) electrons. The van der Waals surface area contributed by atoms with Crippen LogP contribution in [0.15, 0.2) is 48.5 Å². The molecule has 2 aliphatic rings. The Bertz CT molecular complexity index is 1280. The van der Waals surface area contributed by atoms with E-state index in [4.69, 9.17) is 4.74 Å². The van der Waals surface area contributed by atoms with Crippen LogP contribution in [-0.2, 0) is 9.53 Å². The van der Waals surface area contributed by atoms with E-state index in [0.29, 0.717) is 0 Å². The lowest BCUT2D eigenvalue weighted by atomic mass is 9.81. The Morgan fingerprint density at radius 2 is 1.77 bits per heavy atom. The Balaban J connectivity index is 1.21. The van der Waals surface area contributed by atoms with Gasteiger partial charge in [0.1, 0.15) is 6.61 Å². The molecule has 0 unspecified atom stereocenters. The fourth-order valence-electron chi connectivity index (χ4n) is 4.87. The van der Waals surface area contributed by atoms with Gasteiger partial charge in [0, 0.05) is 19.0 Å². The molecule has 5 rings (SSSR count). The molecular formula is C25H25N5O5. The first kappa shape index (κ1) is 22.6. The summed E-state index contributed by atoms with van der Waals surface area (Å²) in [6.07, 6.45) is -0.738. The number of likely N-dealkylation sites (tertiary alicyclic amines) is 1. The summed E-state index contributed by atoms with van der Waals surface area (Å²) in [5.74, 6) is -1.91. The normalized spacial score (nSPS) is 20.9. The molecule has 1 aliphatic heterocycles. The maximum absolute atomic E-state index is 12.8. The molecule has 10 heteroatoms. The molecule has 1 saturated heterocycles. The van der Waals surface area contributed by atoms with E-state index in [-0.39, 0.29) is 43.3 Å². The molecule has 0 bridgehead atoms. The van der Waals surface area contributed by atoms with Gasteiger partial charge >= 0.3 is 12.1 Å². The largest absolute Gasteiger partial charge is 0.481 e. The number of aliphatic carboxylic acids is 1. The lowest BCUT2D eigenvalue weighted by Crippen LogP contribution is -2.36. The number of H-pyrrole nitrogens is 1. The molecule has 0 spiro atoms. The van der Waals surface area contributed by atoms with Crippen LogP contribution < -0.4 is 5.32 Å². The number of rotatable bonds is 5. The van der Waals surface area contributed by atoms with Crippen molar-refractivity contribution >= 4 is 23.9 Å². The number of hydrogen-bond acceptors (Lipinski definition) is 6. The van der Waals surface area contributed by atoms with E-state index in [2.05, 4.69) is 32.6 Å². The first-order valence-corrected chi connectivity index (χ1v) is 11.3. The predicted octanol–water partition coefficient (Wildman–Crippen LogP) is 3.35. The zero-order valence-electron chi connectivity index (χ0n) is 19.3. The summed E-state index contributed by atoms with van der Waals surface area (Å²) < 4.78 is 5.48. The van der Waals surface area contributed by atoms with Gasteiger partial charge in [0.05, 0.1) is 5.41 Å². The second-order valence-corrected chi connectivity index (χ2v) is 9.27. The van der Waals surface area contributed by atoms with Gasteiger partial charge in [-0.3, -0.25) is 20.0 Å². The molecule has 10 nitrogen and oxygen atoms in total. The van der Waals surface area contributed by atoms with Gasteiger partial charge in [-0.2, -0.15) is 4.98 Å². The number of hydrogen-bond donors (Lipinski definition) is 3. The molecule has 3 N–H and O–H groups in total. The van der Waals surface area contributed by atoms with Crippen LogP contribution in [0.3, 0.4) is 0 Å². The Morgan fingerprint density at radius 1 is 1.14 bits per heavy atom. The molecule has 2 amide bonds. The lowest BCUT2D eigenvalue weighted by molar-refractivity contribution is -0.148. The fraction of sp³-hybridized carbons (Fsp3) is 0.320. The minimum atomic E-state index is -1.03. The highest BCUT2D eigenvalue weighted by atomic mass is 16.5. The number of aromatic nitrogens is 3. The van der Waals surface area contributed by atoms with Crippen molar-refractivity contribution in [2.45, 2.75) is 19.8 Å². The van der Waals surface area contributed by atoms with E-state index < -0.39 is 23.4 Å². The zero-order valence-corrected chi connectivity index (χ0v) is 19.3. The van der Waals surface area contributed by atoms with Crippen LogP contribution in [0.25, 0.3) is 11.1 Å². The minimum absolute atomic E-state index is 0.0676. The van der Waals surface area contributed by atoms with Crippen molar-refractivity contribution in [3.05, 3.63) is 65.5 Å². The standard InChI is InChI=1S/C25H25N5O5/c1-14-11-30(13-25(14,2)22(32)33)21(31)20-26-23(29-28-20)27-24(34)35-12-19-17-9-5-3-7-15(17)16-8-4-6-10-18(16)19/h3-10,14,19H,11-13H2,1-2H3,(H,32,33)(H2,26,27,28,29,34)/t14-,25-/m0/s1. The van der Waals surface area contributed by atoms with Crippen LogP contribution in [0, 0.1) is 11.3 Å². The van der Waals surface area contributed by atoms with Gasteiger partial charge < -0.3 is 14.7 Å². The first-order chi connectivity index (χ1) is 16.8. The fourth-order valence-corrected chi connectivity index (χ4v) is 4.87. The number of benzene rings is 2. The Labute approximate surface area is 201 Å². The van der Waals surface area contributed by atoms with Crippen LogP contribution in [0.4, 0.5) is 10.7 Å². The van der Waals surface area contributed by atoms with Crippen molar-refractivity contribution in [2.24, 2.45) is 11.3 Å². The minimum Gasteiger partial charge on any atom is -0.481 e. The molecule has 1 aromatic heterocycles. The third-order valence-corrected chi connectivity index (χ3v) is 7.12. The van der Waals surface area contributed by atoms with Crippen LogP contribution >= 0.6 is 0 Å². The molecule has 0 saturated carbocycles.